The first kappa shape index (κ1) is 28.7. The second-order valence-corrected chi connectivity index (χ2v) is 11.0. The lowest BCUT2D eigenvalue weighted by Gasteiger charge is -2.30. The molecule has 0 aromatic heterocycles. The van der Waals surface area contributed by atoms with Gasteiger partial charge < -0.3 is 14.8 Å². The van der Waals surface area contributed by atoms with Crippen LogP contribution in [0.15, 0.2) is 53.4 Å². The summed E-state index contributed by atoms with van der Waals surface area (Å²) in [5.74, 6) is -1.45. The molecule has 3 aromatic carbocycles. The Kier molecular flexibility index (Phi) is 8.10. The molecule has 1 aliphatic rings. The van der Waals surface area contributed by atoms with Gasteiger partial charge in [-0.2, -0.15) is 17.5 Å². The topological polar surface area (TPSA) is 84.9 Å². The van der Waals surface area contributed by atoms with E-state index < -0.39 is 39.9 Å². The average molecular weight is 587 g/mol. The number of halogens is 5. The number of ether oxygens (including phenoxy) is 2. The van der Waals surface area contributed by atoms with Gasteiger partial charge >= 0.3 is 6.18 Å². The minimum atomic E-state index is -4.84. The molecular weight excluding hydrogens is 564 g/mol. The van der Waals surface area contributed by atoms with Gasteiger partial charge in [0, 0.05) is 19.2 Å². The molecule has 0 aliphatic carbocycles. The zero-order valence-electron chi connectivity index (χ0n) is 20.7. The van der Waals surface area contributed by atoms with Crippen LogP contribution in [0, 0.1) is 5.82 Å². The molecule has 1 amide bonds. The van der Waals surface area contributed by atoms with Crippen molar-refractivity contribution in [3.05, 3.63) is 81.6 Å². The predicted molar refractivity (Wildman–Crippen MR) is 136 cm³/mol. The Balaban J connectivity index is 1.53. The highest BCUT2D eigenvalue weighted by Crippen LogP contribution is 2.36. The number of hydrogen-bond donors (Lipinski definition) is 1. The Labute approximate surface area is 227 Å². The fraction of sp³-hybridized carbons (Fsp3) is 0.269. The molecule has 39 heavy (non-hydrogen) atoms. The number of nitrogens with zero attached hydrogens (tertiary/aromatic N) is 1. The highest BCUT2D eigenvalue weighted by molar-refractivity contribution is 7.89. The molecule has 13 heteroatoms. The van der Waals surface area contributed by atoms with Crippen LogP contribution in [0.2, 0.25) is 5.02 Å². The third-order valence-electron chi connectivity index (χ3n) is 6.28. The fourth-order valence-corrected chi connectivity index (χ4v) is 5.99. The SMILES string of the molecule is COc1ccc(S(=O)(=O)N2CCc3c(ccc(Cl)c3NC(=O)Cc3ccc(C(F)(F)F)c(F)c3)C2)cc1OC. The monoisotopic (exact) mass is 586 g/mol. The van der Waals surface area contributed by atoms with Crippen molar-refractivity contribution in [1.29, 1.82) is 0 Å². The van der Waals surface area contributed by atoms with Gasteiger partial charge in [0.05, 0.1) is 41.8 Å². The zero-order chi connectivity index (χ0) is 28.5. The standard InChI is InChI=1S/C26H23ClF4N2O5S/c1-37-22-8-5-17(13-23(22)38-2)39(35,36)33-10-9-18-16(14-33)4-7-20(27)25(18)32-24(34)12-15-3-6-19(21(28)11-15)26(29,30)31/h3-8,11,13H,9-10,12,14H2,1-2H3,(H,32,34). The zero-order valence-corrected chi connectivity index (χ0v) is 22.3. The number of amides is 1. The van der Waals surface area contributed by atoms with Crippen molar-refractivity contribution in [2.75, 3.05) is 26.1 Å². The van der Waals surface area contributed by atoms with E-state index in [9.17, 15) is 30.8 Å². The van der Waals surface area contributed by atoms with Crippen LogP contribution in [-0.4, -0.2) is 39.4 Å². The second kappa shape index (κ2) is 11.0. The molecule has 1 aliphatic heterocycles. The van der Waals surface area contributed by atoms with E-state index >= 15 is 0 Å². The van der Waals surface area contributed by atoms with Crippen LogP contribution < -0.4 is 14.8 Å². The molecule has 0 saturated carbocycles. The number of benzene rings is 3. The summed E-state index contributed by atoms with van der Waals surface area (Å²) in [5, 5.41) is 2.86. The summed E-state index contributed by atoms with van der Waals surface area (Å²) in [6.45, 7) is 0.104. The maximum absolute atomic E-state index is 13.9. The number of fused-ring (bicyclic) bond motifs is 1. The molecule has 1 N–H and O–H groups in total. The van der Waals surface area contributed by atoms with Crippen LogP contribution in [-0.2, 0) is 40.4 Å². The number of methoxy groups -OCH3 is 2. The first-order chi connectivity index (χ1) is 18.3. The predicted octanol–water partition coefficient (Wildman–Crippen LogP) is 5.44. The van der Waals surface area contributed by atoms with Crippen LogP contribution >= 0.6 is 11.6 Å². The molecule has 4 rings (SSSR count). The number of carbonyl (C=O) groups excluding carboxylic acids is 1. The Bertz CT molecular complexity index is 1530. The quantitative estimate of drug-likeness (QED) is 0.373. The van der Waals surface area contributed by atoms with E-state index in [1.165, 1.54) is 42.8 Å². The van der Waals surface area contributed by atoms with E-state index in [0.29, 0.717) is 29.0 Å². The van der Waals surface area contributed by atoms with Crippen molar-refractivity contribution in [2.24, 2.45) is 0 Å². The molecule has 0 radical (unpaired) electrons. The maximum Gasteiger partial charge on any atom is 0.419 e. The van der Waals surface area contributed by atoms with Crippen LogP contribution in [0.5, 0.6) is 11.5 Å². The van der Waals surface area contributed by atoms with Crippen LogP contribution in [0.1, 0.15) is 22.3 Å². The number of alkyl halides is 3. The van der Waals surface area contributed by atoms with Crippen LogP contribution in [0.25, 0.3) is 0 Å². The van der Waals surface area contributed by atoms with Gasteiger partial charge in [-0.25, -0.2) is 12.8 Å². The van der Waals surface area contributed by atoms with E-state index in [0.717, 1.165) is 6.07 Å². The number of nitrogens with one attached hydrogen (secondary N) is 1. The van der Waals surface area contributed by atoms with E-state index in [1.807, 2.05) is 0 Å². The smallest absolute Gasteiger partial charge is 0.419 e. The minimum absolute atomic E-state index is 0.0101. The largest absolute Gasteiger partial charge is 0.493 e. The summed E-state index contributed by atoms with van der Waals surface area (Å²) in [7, 11) is -1.06. The van der Waals surface area contributed by atoms with Gasteiger partial charge in [0.25, 0.3) is 0 Å². The van der Waals surface area contributed by atoms with Crippen molar-refractivity contribution >= 4 is 33.2 Å². The molecule has 0 spiro atoms. The molecule has 1 heterocycles. The number of hydrogen-bond acceptors (Lipinski definition) is 5. The second-order valence-electron chi connectivity index (χ2n) is 8.70. The molecule has 208 valence electrons. The first-order valence-corrected chi connectivity index (χ1v) is 13.3. The normalized spacial score (nSPS) is 14.0. The molecule has 0 bridgehead atoms. The Morgan fingerprint density at radius 3 is 2.41 bits per heavy atom. The lowest BCUT2D eigenvalue weighted by molar-refractivity contribution is -0.140. The highest BCUT2D eigenvalue weighted by atomic mass is 35.5. The summed E-state index contributed by atoms with van der Waals surface area (Å²) in [6, 6.07) is 9.76. The minimum Gasteiger partial charge on any atom is -0.493 e. The van der Waals surface area contributed by atoms with Gasteiger partial charge in [-0.15, -0.1) is 0 Å². The van der Waals surface area contributed by atoms with Crippen molar-refractivity contribution < 1.29 is 40.2 Å². The van der Waals surface area contributed by atoms with Crippen molar-refractivity contribution in [3.63, 3.8) is 0 Å². The summed E-state index contributed by atoms with van der Waals surface area (Å²) in [6.07, 6.45) is -5.01. The van der Waals surface area contributed by atoms with E-state index in [-0.39, 0.29) is 46.4 Å². The fourth-order valence-electron chi connectivity index (χ4n) is 4.34. The molecule has 7 nitrogen and oxygen atoms in total. The molecule has 3 aromatic rings. The van der Waals surface area contributed by atoms with Crippen molar-refractivity contribution in [1.82, 2.24) is 4.31 Å². The van der Waals surface area contributed by atoms with E-state index in [1.54, 1.807) is 6.07 Å². The number of anilines is 1. The summed E-state index contributed by atoms with van der Waals surface area (Å²) in [4.78, 5) is 12.7. The third kappa shape index (κ3) is 5.97. The van der Waals surface area contributed by atoms with Gasteiger partial charge in [0.2, 0.25) is 15.9 Å². The van der Waals surface area contributed by atoms with Crippen molar-refractivity contribution in [3.8, 4) is 11.5 Å². The Hall–Kier alpha value is -3.35. The lowest BCUT2D eigenvalue weighted by Crippen LogP contribution is -2.36. The van der Waals surface area contributed by atoms with Gasteiger partial charge in [-0.3, -0.25) is 4.79 Å². The maximum atomic E-state index is 13.9. The Morgan fingerprint density at radius 2 is 1.77 bits per heavy atom. The molecular formula is C26H23ClF4N2O5S. The lowest BCUT2D eigenvalue weighted by atomic mass is 9.98. The third-order valence-corrected chi connectivity index (χ3v) is 8.43. The van der Waals surface area contributed by atoms with Crippen molar-refractivity contribution in [2.45, 2.75) is 30.5 Å². The Morgan fingerprint density at radius 1 is 1.05 bits per heavy atom. The average Bonchev–Trinajstić information content (AvgIpc) is 2.88. The van der Waals surface area contributed by atoms with E-state index in [2.05, 4.69) is 5.32 Å². The first-order valence-electron chi connectivity index (χ1n) is 11.5. The van der Waals surface area contributed by atoms with Crippen LogP contribution in [0.4, 0.5) is 23.2 Å². The summed E-state index contributed by atoms with van der Waals surface area (Å²) < 4.78 is 90.7. The van der Waals surface area contributed by atoms with Gasteiger partial charge in [-0.1, -0.05) is 23.7 Å². The number of carbonyl (C=O) groups is 1. The number of rotatable bonds is 7. The number of sulfonamides is 1. The highest BCUT2D eigenvalue weighted by Gasteiger charge is 2.34. The van der Waals surface area contributed by atoms with Gasteiger partial charge in [-0.05, 0) is 53.4 Å². The molecule has 0 unspecified atom stereocenters. The molecule has 0 saturated heterocycles. The summed E-state index contributed by atoms with van der Waals surface area (Å²) in [5.41, 5.74) is 0.152. The molecule has 0 fully saturated rings. The van der Waals surface area contributed by atoms with Gasteiger partial charge in [0.1, 0.15) is 5.82 Å². The van der Waals surface area contributed by atoms with Gasteiger partial charge in [0.15, 0.2) is 11.5 Å². The summed E-state index contributed by atoms with van der Waals surface area (Å²) >= 11 is 6.33. The van der Waals surface area contributed by atoms with E-state index in [4.69, 9.17) is 21.1 Å². The van der Waals surface area contributed by atoms with Crippen LogP contribution in [0.3, 0.4) is 0 Å². The molecule has 0 atom stereocenters.